The first-order valence-electron chi connectivity index (χ1n) is 6.70. The Balaban J connectivity index is 2.21. The monoisotopic (exact) mass is 296 g/mol. The number of rotatable bonds is 6. The third-order valence-electron chi connectivity index (χ3n) is 3.19. The smallest absolute Gasteiger partial charge is 0.280 e. The fraction of sp³-hybridized carbons (Fsp3) is 0.462. The summed E-state index contributed by atoms with van der Waals surface area (Å²) in [6.07, 6.45) is 0. The number of benzene rings is 1. The van der Waals surface area contributed by atoms with Crippen LogP contribution in [0.1, 0.15) is 32.6 Å². The number of imidazole rings is 1. The van der Waals surface area contributed by atoms with E-state index in [1.807, 2.05) is 38.1 Å². The Kier molecular flexibility index (Phi) is 4.42. The van der Waals surface area contributed by atoms with Crippen molar-refractivity contribution in [2.24, 2.45) is 0 Å². The number of hydrogen-bond acceptors (Lipinski definition) is 3. The second kappa shape index (κ2) is 5.90. The van der Waals surface area contributed by atoms with Crippen LogP contribution < -0.4 is 4.72 Å². The van der Waals surface area contributed by atoms with E-state index in [4.69, 9.17) is 0 Å². The molecule has 1 heterocycles. The van der Waals surface area contributed by atoms with Gasteiger partial charge in [0.25, 0.3) is 10.2 Å². The first kappa shape index (κ1) is 15.0. The third kappa shape index (κ3) is 3.00. The summed E-state index contributed by atoms with van der Waals surface area (Å²) in [5, 5.41) is 0. The lowest BCUT2D eigenvalue weighted by Gasteiger charge is -2.21. The molecule has 6 nitrogen and oxygen atoms in total. The predicted octanol–water partition coefficient (Wildman–Crippen LogP) is 1.80. The molecular weight excluding hydrogens is 276 g/mol. The predicted molar refractivity (Wildman–Crippen MR) is 79.5 cm³/mol. The minimum atomic E-state index is -3.48. The number of nitrogens with one attached hydrogen (secondary N) is 2. The molecule has 0 spiro atoms. The summed E-state index contributed by atoms with van der Waals surface area (Å²) >= 11 is 0. The molecule has 20 heavy (non-hydrogen) atoms. The van der Waals surface area contributed by atoms with E-state index in [1.54, 1.807) is 6.92 Å². The van der Waals surface area contributed by atoms with E-state index in [9.17, 15) is 8.42 Å². The summed E-state index contributed by atoms with van der Waals surface area (Å²) in [6.45, 7) is 6.29. The van der Waals surface area contributed by atoms with Gasteiger partial charge in [-0.05, 0) is 19.1 Å². The van der Waals surface area contributed by atoms with Gasteiger partial charge in [-0.3, -0.25) is 0 Å². The Labute approximate surface area is 119 Å². The molecule has 0 bridgehead atoms. The van der Waals surface area contributed by atoms with Crippen molar-refractivity contribution in [1.82, 2.24) is 19.0 Å². The average molecular weight is 296 g/mol. The molecule has 0 aliphatic heterocycles. The van der Waals surface area contributed by atoms with Gasteiger partial charge in [-0.2, -0.15) is 17.4 Å². The number of aromatic nitrogens is 2. The molecule has 0 saturated carbocycles. The minimum absolute atomic E-state index is 0.409. The van der Waals surface area contributed by atoms with Crippen molar-refractivity contribution < 1.29 is 8.42 Å². The first-order chi connectivity index (χ1) is 9.47. The molecular formula is C13H20N4O2S. The highest BCUT2D eigenvalue weighted by Crippen LogP contribution is 2.16. The van der Waals surface area contributed by atoms with Gasteiger partial charge in [-0.1, -0.05) is 26.0 Å². The van der Waals surface area contributed by atoms with E-state index in [-0.39, 0.29) is 0 Å². The van der Waals surface area contributed by atoms with Crippen LogP contribution in [0.4, 0.5) is 0 Å². The van der Waals surface area contributed by atoms with Gasteiger partial charge in [0.15, 0.2) is 0 Å². The highest BCUT2D eigenvalue weighted by atomic mass is 32.2. The zero-order valence-electron chi connectivity index (χ0n) is 11.9. The summed E-state index contributed by atoms with van der Waals surface area (Å²) < 4.78 is 28.4. The molecule has 0 amide bonds. The molecule has 0 aliphatic carbocycles. The number of H-pyrrole nitrogens is 1. The Hall–Kier alpha value is -1.44. The lowest BCUT2D eigenvalue weighted by molar-refractivity contribution is 0.427. The van der Waals surface area contributed by atoms with Crippen molar-refractivity contribution in [3.8, 4) is 0 Å². The van der Waals surface area contributed by atoms with Gasteiger partial charge in [0.05, 0.1) is 17.1 Å². The number of hydrogen-bond donors (Lipinski definition) is 2. The maximum absolute atomic E-state index is 12.2. The largest absolute Gasteiger partial charge is 0.341 e. The van der Waals surface area contributed by atoms with Crippen molar-refractivity contribution in [3.05, 3.63) is 30.1 Å². The SMILES string of the molecule is CCN(CC)S(=O)(=O)NC(C)c1nc2ccccc2[nH]1. The van der Waals surface area contributed by atoms with Gasteiger partial charge >= 0.3 is 0 Å². The Bertz CT molecular complexity index is 643. The van der Waals surface area contributed by atoms with Crippen molar-refractivity contribution in [3.63, 3.8) is 0 Å². The van der Waals surface area contributed by atoms with Crippen molar-refractivity contribution in [2.45, 2.75) is 26.8 Å². The standard InChI is InChI=1S/C13H20N4O2S/c1-4-17(5-2)20(18,19)16-10(3)13-14-11-8-6-7-9-12(11)15-13/h6-10,16H,4-5H2,1-3H3,(H,14,15). The molecule has 1 aromatic carbocycles. The van der Waals surface area contributed by atoms with Gasteiger partial charge in [0.2, 0.25) is 0 Å². The van der Waals surface area contributed by atoms with Crippen molar-refractivity contribution in [1.29, 1.82) is 0 Å². The average Bonchev–Trinajstić information content (AvgIpc) is 2.83. The summed E-state index contributed by atoms with van der Waals surface area (Å²) in [4.78, 5) is 7.54. The van der Waals surface area contributed by atoms with Crippen LogP contribution in [0.25, 0.3) is 11.0 Å². The molecule has 0 aliphatic rings. The molecule has 1 unspecified atom stereocenters. The second-order valence-corrected chi connectivity index (χ2v) is 6.27. The zero-order valence-corrected chi connectivity index (χ0v) is 12.7. The summed E-state index contributed by atoms with van der Waals surface area (Å²) in [5.74, 6) is 0.613. The fourth-order valence-electron chi connectivity index (χ4n) is 2.09. The fourth-order valence-corrected chi connectivity index (χ4v) is 3.48. The van der Waals surface area contributed by atoms with Gasteiger partial charge in [-0.25, -0.2) is 4.98 Å². The topological polar surface area (TPSA) is 78.1 Å². The molecule has 7 heteroatoms. The third-order valence-corrected chi connectivity index (χ3v) is 5.04. The molecule has 2 rings (SSSR count). The highest BCUT2D eigenvalue weighted by Gasteiger charge is 2.23. The van der Waals surface area contributed by atoms with Crippen LogP contribution in [0.15, 0.2) is 24.3 Å². The highest BCUT2D eigenvalue weighted by molar-refractivity contribution is 7.87. The number of nitrogens with zero attached hydrogens (tertiary/aromatic N) is 2. The van der Waals surface area contributed by atoms with Gasteiger partial charge in [0, 0.05) is 13.1 Å². The molecule has 1 aromatic heterocycles. The Morgan fingerprint density at radius 1 is 1.30 bits per heavy atom. The van der Waals surface area contributed by atoms with Gasteiger partial charge in [0.1, 0.15) is 5.82 Å². The number of fused-ring (bicyclic) bond motifs is 1. The lowest BCUT2D eigenvalue weighted by Crippen LogP contribution is -2.41. The maximum atomic E-state index is 12.2. The Morgan fingerprint density at radius 2 is 1.95 bits per heavy atom. The lowest BCUT2D eigenvalue weighted by atomic mass is 10.3. The molecule has 1 atom stereocenters. The van der Waals surface area contributed by atoms with E-state index in [2.05, 4.69) is 14.7 Å². The first-order valence-corrected chi connectivity index (χ1v) is 8.14. The molecule has 2 N–H and O–H groups in total. The minimum Gasteiger partial charge on any atom is -0.341 e. The normalized spacial score (nSPS) is 14.0. The summed E-state index contributed by atoms with van der Waals surface area (Å²) in [6, 6.07) is 7.21. The Morgan fingerprint density at radius 3 is 2.55 bits per heavy atom. The molecule has 0 fully saturated rings. The molecule has 110 valence electrons. The van der Waals surface area contributed by atoms with Crippen molar-refractivity contribution >= 4 is 21.2 Å². The van der Waals surface area contributed by atoms with Gasteiger partial charge < -0.3 is 4.98 Å². The van der Waals surface area contributed by atoms with Crippen LogP contribution in [-0.4, -0.2) is 35.8 Å². The van der Waals surface area contributed by atoms with E-state index in [1.165, 1.54) is 4.31 Å². The van der Waals surface area contributed by atoms with E-state index < -0.39 is 16.3 Å². The van der Waals surface area contributed by atoms with E-state index in [0.29, 0.717) is 18.9 Å². The quantitative estimate of drug-likeness (QED) is 0.853. The number of para-hydroxylation sites is 2. The van der Waals surface area contributed by atoms with Crippen LogP contribution in [-0.2, 0) is 10.2 Å². The number of aromatic amines is 1. The zero-order chi connectivity index (χ0) is 14.8. The van der Waals surface area contributed by atoms with E-state index in [0.717, 1.165) is 11.0 Å². The molecule has 0 radical (unpaired) electrons. The maximum Gasteiger partial charge on any atom is 0.280 e. The summed E-state index contributed by atoms with van der Waals surface area (Å²) in [7, 11) is -3.48. The molecule has 0 saturated heterocycles. The van der Waals surface area contributed by atoms with Crippen LogP contribution in [0.5, 0.6) is 0 Å². The van der Waals surface area contributed by atoms with Crippen LogP contribution >= 0.6 is 0 Å². The van der Waals surface area contributed by atoms with Crippen LogP contribution in [0, 0.1) is 0 Å². The van der Waals surface area contributed by atoms with Crippen molar-refractivity contribution in [2.75, 3.05) is 13.1 Å². The second-order valence-electron chi connectivity index (χ2n) is 4.57. The van der Waals surface area contributed by atoms with Crippen LogP contribution in [0.2, 0.25) is 0 Å². The van der Waals surface area contributed by atoms with Crippen LogP contribution in [0.3, 0.4) is 0 Å². The van der Waals surface area contributed by atoms with E-state index >= 15 is 0 Å². The summed E-state index contributed by atoms with van der Waals surface area (Å²) in [5.41, 5.74) is 1.73. The molecule has 2 aromatic rings. The van der Waals surface area contributed by atoms with Gasteiger partial charge in [-0.15, -0.1) is 0 Å².